The quantitative estimate of drug-likeness (QED) is 0.812. The van der Waals surface area contributed by atoms with Gasteiger partial charge in [-0.25, -0.2) is 0 Å². The maximum Gasteiger partial charge on any atom is 0.176 e. The van der Waals surface area contributed by atoms with Crippen LogP contribution in [-0.4, -0.2) is 9.78 Å². The highest BCUT2D eigenvalue weighted by molar-refractivity contribution is 6.31. The molecule has 0 N–H and O–H groups in total. The second-order valence-corrected chi connectivity index (χ2v) is 4.16. The largest absolute Gasteiger partial charge is 0.484 e. The fourth-order valence-corrected chi connectivity index (χ4v) is 1.78. The van der Waals surface area contributed by atoms with Crippen LogP contribution in [0.1, 0.15) is 18.9 Å². The number of nitrogens with zero attached hydrogens (tertiary/aromatic N) is 2. The van der Waals surface area contributed by atoms with E-state index in [0.717, 1.165) is 18.5 Å². The van der Waals surface area contributed by atoms with E-state index in [1.54, 1.807) is 10.9 Å². The summed E-state index contributed by atoms with van der Waals surface area (Å²) in [5, 5.41) is 4.75. The number of aryl methyl sites for hydroxylation is 1. The number of hydrogen-bond donors (Lipinski definition) is 0. The van der Waals surface area contributed by atoms with E-state index >= 15 is 0 Å². The van der Waals surface area contributed by atoms with Crippen LogP contribution < -0.4 is 4.74 Å². The number of hydrogen-bond acceptors (Lipinski definition) is 2. The van der Waals surface area contributed by atoms with Crippen molar-refractivity contribution in [3.63, 3.8) is 0 Å². The molecular weight excluding hydrogens is 236 g/mol. The fraction of sp³-hybridized carbons (Fsp3) is 0.308. The van der Waals surface area contributed by atoms with Gasteiger partial charge in [0.2, 0.25) is 0 Å². The second-order valence-electron chi connectivity index (χ2n) is 3.80. The Balaban J connectivity index is 2.00. The number of rotatable bonds is 5. The average molecular weight is 251 g/mol. The van der Waals surface area contributed by atoms with E-state index in [1.807, 2.05) is 30.3 Å². The monoisotopic (exact) mass is 250 g/mol. The first-order valence-corrected chi connectivity index (χ1v) is 6.07. The summed E-state index contributed by atoms with van der Waals surface area (Å²) in [6.45, 7) is 3.41. The van der Waals surface area contributed by atoms with Gasteiger partial charge >= 0.3 is 0 Å². The number of benzene rings is 1. The molecule has 0 unspecified atom stereocenters. The maximum atomic E-state index is 6.14. The number of halogens is 1. The third kappa shape index (κ3) is 3.01. The van der Waals surface area contributed by atoms with Crippen LogP contribution in [0.25, 0.3) is 0 Å². The van der Waals surface area contributed by atoms with Gasteiger partial charge in [-0.15, -0.1) is 0 Å². The van der Waals surface area contributed by atoms with Crippen molar-refractivity contribution in [3.05, 3.63) is 47.2 Å². The van der Waals surface area contributed by atoms with Gasteiger partial charge in [-0.1, -0.05) is 48.9 Å². The molecule has 3 nitrogen and oxygen atoms in total. The predicted octanol–water partition coefficient (Wildman–Crippen LogP) is 3.53. The Labute approximate surface area is 106 Å². The second kappa shape index (κ2) is 5.73. The first kappa shape index (κ1) is 12.0. The van der Waals surface area contributed by atoms with Crippen LogP contribution in [-0.2, 0) is 13.2 Å². The van der Waals surface area contributed by atoms with Gasteiger partial charge in [0, 0.05) is 6.54 Å². The van der Waals surface area contributed by atoms with Crippen molar-refractivity contribution in [1.29, 1.82) is 0 Å². The minimum Gasteiger partial charge on any atom is -0.484 e. The number of aromatic nitrogens is 2. The highest BCUT2D eigenvalue weighted by Gasteiger charge is 2.08. The summed E-state index contributed by atoms with van der Waals surface area (Å²) in [6.07, 6.45) is 2.67. The molecule has 90 valence electrons. The van der Waals surface area contributed by atoms with Crippen molar-refractivity contribution in [2.45, 2.75) is 26.5 Å². The molecule has 0 atom stereocenters. The third-order valence-corrected chi connectivity index (χ3v) is 2.80. The van der Waals surface area contributed by atoms with Crippen LogP contribution in [0.5, 0.6) is 5.75 Å². The van der Waals surface area contributed by atoms with E-state index in [0.29, 0.717) is 17.5 Å². The van der Waals surface area contributed by atoms with Gasteiger partial charge in [-0.05, 0) is 12.0 Å². The Kier molecular flexibility index (Phi) is 4.04. The lowest BCUT2D eigenvalue weighted by molar-refractivity contribution is 0.306. The summed E-state index contributed by atoms with van der Waals surface area (Å²) in [5.74, 6) is 0.643. The van der Waals surface area contributed by atoms with Gasteiger partial charge in [0.1, 0.15) is 6.61 Å². The highest BCUT2D eigenvalue weighted by Crippen LogP contribution is 2.24. The van der Waals surface area contributed by atoms with E-state index in [4.69, 9.17) is 16.3 Å². The summed E-state index contributed by atoms with van der Waals surface area (Å²) in [7, 11) is 0. The van der Waals surface area contributed by atoms with Crippen LogP contribution in [0.4, 0.5) is 0 Å². The fourth-order valence-electron chi connectivity index (χ4n) is 1.55. The van der Waals surface area contributed by atoms with Crippen molar-refractivity contribution >= 4 is 11.6 Å². The standard InChI is InChI=1S/C13H15ClN2O/c1-2-8-16-13(14)12(9-15-16)17-10-11-6-4-3-5-7-11/h3-7,9H,2,8,10H2,1H3. The molecule has 0 bridgehead atoms. The Morgan fingerprint density at radius 2 is 2.06 bits per heavy atom. The molecule has 0 aliphatic rings. The smallest absolute Gasteiger partial charge is 0.176 e. The molecule has 1 heterocycles. The van der Waals surface area contributed by atoms with E-state index in [1.165, 1.54) is 0 Å². The Bertz CT molecular complexity index is 468. The molecule has 2 rings (SSSR count). The van der Waals surface area contributed by atoms with E-state index in [9.17, 15) is 0 Å². The topological polar surface area (TPSA) is 27.1 Å². The lowest BCUT2D eigenvalue weighted by Crippen LogP contribution is -1.99. The highest BCUT2D eigenvalue weighted by atomic mass is 35.5. The zero-order valence-electron chi connectivity index (χ0n) is 9.77. The Morgan fingerprint density at radius 1 is 1.29 bits per heavy atom. The first-order valence-electron chi connectivity index (χ1n) is 5.69. The van der Waals surface area contributed by atoms with Gasteiger partial charge in [-0.3, -0.25) is 4.68 Å². The molecular formula is C13H15ClN2O. The lowest BCUT2D eigenvalue weighted by Gasteiger charge is -2.05. The van der Waals surface area contributed by atoms with Gasteiger partial charge in [0.15, 0.2) is 10.9 Å². The Morgan fingerprint density at radius 3 is 2.76 bits per heavy atom. The molecule has 1 aromatic heterocycles. The average Bonchev–Trinajstić information content (AvgIpc) is 2.70. The number of ether oxygens (including phenoxy) is 1. The molecule has 0 aliphatic heterocycles. The van der Waals surface area contributed by atoms with Crippen LogP contribution in [0.3, 0.4) is 0 Å². The minimum absolute atomic E-state index is 0.512. The molecule has 4 heteroatoms. The van der Waals surface area contributed by atoms with Gasteiger partial charge in [0.25, 0.3) is 0 Å². The van der Waals surface area contributed by atoms with Gasteiger partial charge < -0.3 is 4.74 Å². The summed E-state index contributed by atoms with van der Waals surface area (Å²) in [4.78, 5) is 0. The summed E-state index contributed by atoms with van der Waals surface area (Å²) >= 11 is 6.14. The molecule has 0 fully saturated rings. The summed E-state index contributed by atoms with van der Waals surface area (Å²) < 4.78 is 7.39. The summed E-state index contributed by atoms with van der Waals surface area (Å²) in [5.41, 5.74) is 1.12. The van der Waals surface area contributed by atoms with Crippen molar-refractivity contribution < 1.29 is 4.74 Å². The molecule has 0 aliphatic carbocycles. The molecule has 17 heavy (non-hydrogen) atoms. The zero-order valence-corrected chi connectivity index (χ0v) is 10.5. The third-order valence-electron chi connectivity index (χ3n) is 2.42. The van der Waals surface area contributed by atoms with E-state index < -0.39 is 0 Å². The van der Waals surface area contributed by atoms with Crippen LogP contribution in [0.2, 0.25) is 5.15 Å². The van der Waals surface area contributed by atoms with Crippen LogP contribution >= 0.6 is 11.6 Å². The predicted molar refractivity (Wildman–Crippen MR) is 68.3 cm³/mol. The van der Waals surface area contributed by atoms with Crippen LogP contribution in [0, 0.1) is 0 Å². The normalized spacial score (nSPS) is 10.5. The van der Waals surface area contributed by atoms with E-state index in [2.05, 4.69) is 12.0 Å². The van der Waals surface area contributed by atoms with Crippen molar-refractivity contribution in [2.24, 2.45) is 0 Å². The van der Waals surface area contributed by atoms with Crippen molar-refractivity contribution in [1.82, 2.24) is 9.78 Å². The Hall–Kier alpha value is -1.48. The van der Waals surface area contributed by atoms with Crippen molar-refractivity contribution in [2.75, 3.05) is 0 Å². The molecule has 0 spiro atoms. The van der Waals surface area contributed by atoms with Gasteiger partial charge in [0.05, 0.1) is 6.20 Å². The van der Waals surface area contributed by atoms with Crippen molar-refractivity contribution in [3.8, 4) is 5.75 Å². The lowest BCUT2D eigenvalue weighted by atomic mass is 10.2. The SMILES string of the molecule is CCCn1ncc(OCc2ccccc2)c1Cl. The molecule has 0 amide bonds. The molecule has 0 radical (unpaired) electrons. The molecule has 0 saturated heterocycles. The molecule has 0 saturated carbocycles. The van der Waals surface area contributed by atoms with Gasteiger partial charge in [-0.2, -0.15) is 5.10 Å². The maximum absolute atomic E-state index is 6.14. The first-order chi connectivity index (χ1) is 8.31. The zero-order chi connectivity index (χ0) is 12.1. The van der Waals surface area contributed by atoms with Crippen LogP contribution in [0.15, 0.2) is 36.5 Å². The molecule has 2 aromatic rings. The molecule has 1 aromatic carbocycles. The van der Waals surface area contributed by atoms with E-state index in [-0.39, 0.29) is 0 Å². The minimum atomic E-state index is 0.512. The summed E-state index contributed by atoms with van der Waals surface area (Å²) in [6, 6.07) is 9.99.